The van der Waals surface area contributed by atoms with Crippen molar-refractivity contribution in [1.82, 2.24) is 9.69 Å². The Kier molecular flexibility index (Phi) is 5.95. The van der Waals surface area contributed by atoms with Crippen molar-refractivity contribution in [2.75, 3.05) is 24.2 Å². The Morgan fingerprint density at radius 2 is 2.05 bits per heavy atom. The third-order valence-electron chi connectivity index (χ3n) is 2.35. The number of ether oxygens (including phenoxy) is 1. The Morgan fingerprint density at radius 1 is 1.38 bits per heavy atom. The smallest absolute Gasteiger partial charge is 0.344 e. The summed E-state index contributed by atoms with van der Waals surface area (Å²) in [7, 11) is 0. The SMILES string of the molecule is CCOC(=O)c1c(N)nsc1NCCC(=O)NC(C)(C)C. The summed E-state index contributed by atoms with van der Waals surface area (Å²) in [5.41, 5.74) is 5.64. The average Bonchev–Trinajstić information content (AvgIpc) is 2.68. The number of hydrogen-bond acceptors (Lipinski definition) is 7. The highest BCUT2D eigenvalue weighted by Gasteiger charge is 2.20. The van der Waals surface area contributed by atoms with Crippen LogP contribution in [-0.2, 0) is 9.53 Å². The third-order valence-corrected chi connectivity index (χ3v) is 3.17. The van der Waals surface area contributed by atoms with Crippen molar-refractivity contribution in [3.63, 3.8) is 0 Å². The largest absolute Gasteiger partial charge is 0.462 e. The van der Waals surface area contributed by atoms with Crippen LogP contribution in [0.15, 0.2) is 0 Å². The molecule has 0 aromatic carbocycles. The molecule has 1 aromatic rings. The van der Waals surface area contributed by atoms with E-state index in [2.05, 4.69) is 15.0 Å². The predicted molar refractivity (Wildman–Crippen MR) is 83.5 cm³/mol. The Labute approximate surface area is 128 Å². The van der Waals surface area contributed by atoms with Crippen molar-refractivity contribution in [2.45, 2.75) is 39.7 Å². The fraction of sp³-hybridized carbons (Fsp3) is 0.615. The van der Waals surface area contributed by atoms with Gasteiger partial charge in [0.05, 0.1) is 6.61 Å². The molecule has 1 rings (SSSR count). The molecule has 7 nitrogen and oxygen atoms in total. The number of nitrogens with two attached hydrogens (primary N) is 1. The fourth-order valence-electron chi connectivity index (χ4n) is 1.59. The first-order chi connectivity index (χ1) is 9.74. The van der Waals surface area contributed by atoms with Gasteiger partial charge in [-0.1, -0.05) is 0 Å². The number of amides is 1. The zero-order valence-electron chi connectivity index (χ0n) is 12.8. The van der Waals surface area contributed by atoms with Crippen molar-refractivity contribution >= 4 is 34.2 Å². The van der Waals surface area contributed by atoms with Gasteiger partial charge in [0, 0.05) is 18.5 Å². The number of esters is 1. The number of anilines is 2. The molecule has 0 fully saturated rings. The molecule has 1 aromatic heterocycles. The Bertz CT molecular complexity index is 508. The molecule has 0 aliphatic carbocycles. The lowest BCUT2D eigenvalue weighted by Gasteiger charge is -2.20. The van der Waals surface area contributed by atoms with E-state index in [-0.39, 0.29) is 35.9 Å². The van der Waals surface area contributed by atoms with E-state index in [1.165, 1.54) is 0 Å². The standard InChI is InChI=1S/C13H22N4O3S/c1-5-20-12(19)9-10(14)17-21-11(9)15-7-6-8(18)16-13(2,3)4/h15H,5-7H2,1-4H3,(H2,14,17)(H,16,18). The predicted octanol–water partition coefficient (Wildman–Crippen LogP) is 1.62. The van der Waals surface area contributed by atoms with Crippen molar-refractivity contribution in [2.24, 2.45) is 0 Å². The molecule has 0 aliphatic rings. The summed E-state index contributed by atoms with van der Waals surface area (Å²) in [6, 6.07) is 0. The maximum absolute atomic E-state index is 11.8. The second kappa shape index (κ2) is 7.26. The molecule has 0 saturated carbocycles. The number of rotatable bonds is 6. The van der Waals surface area contributed by atoms with Crippen molar-refractivity contribution in [1.29, 1.82) is 0 Å². The van der Waals surface area contributed by atoms with E-state index in [0.717, 1.165) is 11.5 Å². The van der Waals surface area contributed by atoms with Crippen molar-refractivity contribution in [3.05, 3.63) is 5.56 Å². The Morgan fingerprint density at radius 3 is 2.62 bits per heavy atom. The fourth-order valence-corrected chi connectivity index (χ4v) is 2.32. The molecule has 8 heteroatoms. The van der Waals surface area contributed by atoms with Crippen LogP contribution in [0, 0.1) is 0 Å². The lowest BCUT2D eigenvalue weighted by atomic mass is 10.1. The van der Waals surface area contributed by atoms with Crippen LogP contribution in [0.3, 0.4) is 0 Å². The minimum absolute atomic E-state index is 0.0647. The summed E-state index contributed by atoms with van der Waals surface area (Å²) in [5, 5.41) is 6.39. The number of nitrogens with one attached hydrogen (secondary N) is 2. The molecule has 0 bridgehead atoms. The summed E-state index contributed by atoms with van der Waals surface area (Å²) < 4.78 is 8.86. The number of nitrogens with zero attached hydrogens (tertiary/aromatic N) is 1. The van der Waals surface area contributed by atoms with Gasteiger partial charge >= 0.3 is 5.97 Å². The number of hydrogen-bond donors (Lipinski definition) is 3. The molecule has 0 unspecified atom stereocenters. The molecule has 21 heavy (non-hydrogen) atoms. The maximum atomic E-state index is 11.8. The zero-order valence-corrected chi connectivity index (χ0v) is 13.6. The van der Waals surface area contributed by atoms with E-state index in [1.807, 2.05) is 20.8 Å². The maximum Gasteiger partial charge on any atom is 0.344 e. The first-order valence-corrected chi connectivity index (χ1v) is 7.49. The van der Waals surface area contributed by atoms with Gasteiger partial charge in [-0.05, 0) is 39.2 Å². The second-order valence-electron chi connectivity index (χ2n) is 5.47. The summed E-state index contributed by atoms with van der Waals surface area (Å²) in [5.74, 6) is -0.435. The highest BCUT2D eigenvalue weighted by molar-refractivity contribution is 7.11. The minimum atomic E-state index is -0.509. The molecule has 1 amide bonds. The van der Waals surface area contributed by atoms with Crippen LogP contribution >= 0.6 is 11.5 Å². The molecule has 0 radical (unpaired) electrons. The molecular weight excluding hydrogens is 292 g/mol. The van der Waals surface area contributed by atoms with E-state index >= 15 is 0 Å². The van der Waals surface area contributed by atoms with Crippen LogP contribution in [0.2, 0.25) is 0 Å². The molecule has 0 atom stereocenters. The molecule has 0 spiro atoms. The van der Waals surface area contributed by atoms with Gasteiger partial charge in [0.2, 0.25) is 5.91 Å². The number of nitrogen functional groups attached to an aromatic ring is 1. The van der Waals surface area contributed by atoms with E-state index in [0.29, 0.717) is 11.5 Å². The van der Waals surface area contributed by atoms with Crippen LogP contribution in [0.25, 0.3) is 0 Å². The molecule has 118 valence electrons. The Hall–Kier alpha value is -1.83. The zero-order chi connectivity index (χ0) is 16.0. The quantitative estimate of drug-likeness (QED) is 0.689. The van der Waals surface area contributed by atoms with E-state index in [1.54, 1.807) is 6.92 Å². The van der Waals surface area contributed by atoms with Crippen molar-refractivity contribution < 1.29 is 14.3 Å². The highest BCUT2D eigenvalue weighted by atomic mass is 32.1. The van der Waals surface area contributed by atoms with Crippen molar-refractivity contribution in [3.8, 4) is 0 Å². The van der Waals surface area contributed by atoms with Crippen LogP contribution in [0.4, 0.5) is 10.8 Å². The Balaban J connectivity index is 2.57. The monoisotopic (exact) mass is 314 g/mol. The van der Waals surface area contributed by atoms with E-state index in [9.17, 15) is 9.59 Å². The van der Waals surface area contributed by atoms with Gasteiger partial charge in [0.15, 0.2) is 5.82 Å². The van der Waals surface area contributed by atoms with Gasteiger partial charge in [-0.25, -0.2) is 4.79 Å². The van der Waals surface area contributed by atoms with E-state index in [4.69, 9.17) is 10.5 Å². The highest BCUT2D eigenvalue weighted by Crippen LogP contribution is 2.27. The first kappa shape index (κ1) is 17.2. The first-order valence-electron chi connectivity index (χ1n) is 6.71. The van der Waals surface area contributed by atoms with Gasteiger partial charge in [0.25, 0.3) is 0 Å². The average molecular weight is 314 g/mol. The van der Waals surface area contributed by atoms with Gasteiger partial charge in [-0.3, -0.25) is 4.79 Å². The topological polar surface area (TPSA) is 106 Å². The molecule has 0 aliphatic heterocycles. The summed E-state index contributed by atoms with van der Waals surface area (Å²) in [6.07, 6.45) is 0.289. The normalized spacial score (nSPS) is 11.0. The van der Waals surface area contributed by atoms with E-state index < -0.39 is 5.97 Å². The minimum Gasteiger partial charge on any atom is -0.462 e. The van der Waals surface area contributed by atoms with Crippen LogP contribution in [0.5, 0.6) is 0 Å². The second-order valence-corrected chi connectivity index (χ2v) is 6.24. The summed E-state index contributed by atoms with van der Waals surface area (Å²) in [6.45, 7) is 8.12. The van der Waals surface area contributed by atoms with Gasteiger partial charge < -0.3 is 21.1 Å². The molecule has 1 heterocycles. The lowest BCUT2D eigenvalue weighted by molar-refractivity contribution is -0.122. The summed E-state index contributed by atoms with van der Waals surface area (Å²) in [4.78, 5) is 23.5. The molecule has 0 saturated heterocycles. The summed E-state index contributed by atoms with van der Waals surface area (Å²) >= 11 is 1.08. The molecule has 4 N–H and O–H groups in total. The molecular formula is C13H22N4O3S. The van der Waals surface area contributed by atoms with Crippen LogP contribution < -0.4 is 16.4 Å². The van der Waals surface area contributed by atoms with Crippen LogP contribution in [-0.4, -0.2) is 34.9 Å². The number of carbonyl (C=O) groups excluding carboxylic acids is 2. The number of aromatic nitrogens is 1. The lowest BCUT2D eigenvalue weighted by Crippen LogP contribution is -2.41. The van der Waals surface area contributed by atoms with Gasteiger partial charge in [0.1, 0.15) is 10.6 Å². The third kappa shape index (κ3) is 5.58. The number of carbonyl (C=O) groups is 2. The van der Waals surface area contributed by atoms with Crippen LogP contribution in [0.1, 0.15) is 44.5 Å². The van der Waals surface area contributed by atoms with Gasteiger partial charge in [-0.2, -0.15) is 4.37 Å². The van der Waals surface area contributed by atoms with Gasteiger partial charge in [-0.15, -0.1) is 0 Å².